The molecule has 5 nitrogen and oxygen atoms in total. The minimum Gasteiger partial charge on any atom is -0.346 e. The number of benzene rings is 1. The molecule has 0 saturated carbocycles. The third kappa shape index (κ3) is 5.48. The number of nitrogens with one attached hydrogen (secondary N) is 1. The molecule has 0 spiro atoms. The van der Waals surface area contributed by atoms with Crippen LogP contribution in [0.4, 0.5) is 5.69 Å². The molecule has 25 heavy (non-hydrogen) atoms. The summed E-state index contributed by atoms with van der Waals surface area (Å²) in [6, 6.07) is 10.0. The maximum atomic E-state index is 8.97. The highest BCUT2D eigenvalue weighted by Gasteiger charge is 2.07. The fourth-order valence-electron chi connectivity index (χ4n) is 2.31. The molecule has 0 bridgehead atoms. The molecule has 0 fully saturated rings. The summed E-state index contributed by atoms with van der Waals surface area (Å²) in [5, 5.41) is 8.97. The Labute approximate surface area is 150 Å². The molecular formula is C20H25N5. The predicted octanol–water partition coefficient (Wildman–Crippen LogP) is 3.91. The first-order valence-corrected chi connectivity index (χ1v) is 7.96. The summed E-state index contributed by atoms with van der Waals surface area (Å²) in [5.74, 6) is 5.66. The lowest BCUT2D eigenvalue weighted by atomic mass is 10.1. The highest BCUT2D eigenvalue weighted by molar-refractivity contribution is 5.85. The first kappa shape index (κ1) is 19.9. The van der Waals surface area contributed by atoms with Gasteiger partial charge in [0, 0.05) is 29.7 Å². The first-order chi connectivity index (χ1) is 12.0. The SMILES string of the molecule is C=C/C(C#N)=C(C)/N=C/C=C(\NN)c1cccc(N(CC)C(=C)C)c1. The number of allylic oxidation sites excluding steroid dienone is 5. The fraction of sp³-hybridized carbons (Fsp3) is 0.200. The number of hydrogen-bond donors (Lipinski definition) is 2. The Morgan fingerprint density at radius 3 is 2.68 bits per heavy atom. The third-order valence-corrected chi connectivity index (χ3v) is 3.63. The van der Waals surface area contributed by atoms with Crippen LogP contribution in [0.2, 0.25) is 0 Å². The van der Waals surface area contributed by atoms with E-state index >= 15 is 0 Å². The molecule has 3 N–H and O–H groups in total. The van der Waals surface area contributed by atoms with Crippen LogP contribution in [0.3, 0.4) is 0 Å². The molecule has 1 rings (SSSR count). The lowest BCUT2D eigenvalue weighted by Crippen LogP contribution is -2.22. The summed E-state index contributed by atoms with van der Waals surface area (Å²) < 4.78 is 0. The van der Waals surface area contributed by atoms with Crippen molar-refractivity contribution >= 4 is 17.6 Å². The molecule has 130 valence electrons. The first-order valence-electron chi connectivity index (χ1n) is 7.96. The van der Waals surface area contributed by atoms with E-state index in [-0.39, 0.29) is 0 Å². The minimum absolute atomic E-state index is 0.439. The molecule has 1 aromatic rings. The summed E-state index contributed by atoms with van der Waals surface area (Å²) >= 11 is 0. The molecule has 0 heterocycles. The third-order valence-electron chi connectivity index (χ3n) is 3.63. The molecule has 0 unspecified atom stereocenters. The van der Waals surface area contributed by atoms with Crippen LogP contribution >= 0.6 is 0 Å². The smallest absolute Gasteiger partial charge is 0.101 e. The van der Waals surface area contributed by atoms with Crippen LogP contribution in [0.5, 0.6) is 0 Å². The number of anilines is 1. The zero-order valence-electron chi connectivity index (χ0n) is 15.1. The summed E-state index contributed by atoms with van der Waals surface area (Å²) in [5.41, 5.74) is 7.38. The highest BCUT2D eigenvalue weighted by Crippen LogP contribution is 2.22. The number of nitriles is 1. The van der Waals surface area contributed by atoms with Crippen molar-refractivity contribution in [1.29, 1.82) is 5.26 Å². The Balaban J connectivity index is 3.16. The van der Waals surface area contributed by atoms with E-state index in [1.165, 1.54) is 6.08 Å². The van der Waals surface area contributed by atoms with Crippen molar-refractivity contribution in [3.63, 3.8) is 0 Å². The Bertz CT molecular complexity index is 763. The normalized spacial score (nSPS) is 12.4. The van der Waals surface area contributed by atoms with Crippen LogP contribution in [0.1, 0.15) is 26.3 Å². The molecule has 0 amide bonds. The monoisotopic (exact) mass is 335 g/mol. The van der Waals surface area contributed by atoms with Gasteiger partial charge in [-0.2, -0.15) is 5.26 Å². The van der Waals surface area contributed by atoms with Gasteiger partial charge in [0.15, 0.2) is 0 Å². The molecular weight excluding hydrogens is 310 g/mol. The maximum absolute atomic E-state index is 8.97. The van der Waals surface area contributed by atoms with Crippen molar-refractivity contribution in [2.75, 3.05) is 11.4 Å². The van der Waals surface area contributed by atoms with Crippen molar-refractivity contribution in [2.45, 2.75) is 20.8 Å². The van der Waals surface area contributed by atoms with Gasteiger partial charge in [-0.1, -0.05) is 25.3 Å². The van der Waals surface area contributed by atoms with E-state index in [0.29, 0.717) is 17.0 Å². The zero-order chi connectivity index (χ0) is 18.8. The summed E-state index contributed by atoms with van der Waals surface area (Å²) in [7, 11) is 0. The quantitative estimate of drug-likeness (QED) is 0.248. The second-order valence-corrected chi connectivity index (χ2v) is 5.35. The van der Waals surface area contributed by atoms with Crippen molar-refractivity contribution in [3.8, 4) is 6.07 Å². The van der Waals surface area contributed by atoms with Gasteiger partial charge in [0.2, 0.25) is 0 Å². The van der Waals surface area contributed by atoms with Crippen LogP contribution in [0.15, 0.2) is 71.5 Å². The average molecular weight is 335 g/mol. The number of aliphatic imine (C=N–C) groups is 1. The van der Waals surface area contributed by atoms with E-state index in [1.54, 1.807) is 19.2 Å². The number of nitrogens with two attached hydrogens (primary N) is 1. The topological polar surface area (TPSA) is 77.4 Å². The second kappa shape index (κ2) is 9.91. The molecule has 0 radical (unpaired) electrons. The molecule has 0 aliphatic carbocycles. The summed E-state index contributed by atoms with van der Waals surface area (Å²) in [6.07, 6.45) is 4.85. The van der Waals surface area contributed by atoms with Gasteiger partial charge in [-0.15, -0.1) is 0 Å². The predicted molar refractivity (Wildman–Crippen MR) is 107 cm³/mol. The Hall–Kier alpha value is -3.10. The van der Waals surface area contributed by atoms with Gasteiger partial charge in [0.05, 0.1) is 17.0 Å². The Morgan fingerprint density at radius 2 is 2.16 bits per heavy atom. The Kier molecular flexibility index (Phi) is 7.91. The van der Waals surface area contributed by atoms with E-state index in [1.807, 2.05) is 37.3 Å². The molecule has 1 aromatic carbocycles. The number of rotatable bonds is 8. The largest absolute Gasteiger partial charge is 0.346 e. The average Bonchev–Trinajstić information content (AvgIpc) is 2.60. The minimum atomic E-state index is 0.439. The lowest BCUT2D eigenvalue weighted by molar-refractivity contribution is 0.955. The van der Waals surface area contributed by atoms with Crippen molar-refractivity contribution in [3.05, 3.63) is 72.1 Å². The van der Waals surface area contributed by atoms with Gasteiger partial charge in [-0.05, 0) is 45.1 Å². The molecule has 0 aliphatic heterocycles. The van der Waals surface area contributed by atoms with Crippen molar-refractivity contribution in [1.82, 2.24) is 5.43 Å². The lowest BCUT2D eigenvalue weighted by Gasteiger charge is -2.23. The molecule has 0 saturated heterocycles. The number of hydrazine groups is 1. The summed E-state index contributed by atoms with van der Waals surface area (Å²) in [6.45, 7) is 14.2. The van der Waals surface area contributed by atoms with Crippen LogP contribution in [0.25, 0.3) is 5.70 Å². The van der Waals surface area contributed by atoms with E-state index in [9.17, 15) is 0 Å². The van der Waals surface area contributed by atoms with Gasteiger partial charge in [-0.3, -0.25) is 10.8 Å². The fourth-order valence-corrected chi connectivity index (χ4v) is 2.31. The van der Waals surface area contributed by atoms with E-state index in [0.717, 1.165) is 23.5 Å². The second-order valence-electron chi connectivity index (χ2n) is 5.35. The van der Waals surface area contributed by atoms with Crippen molar-refractivity contribution < 1.29 is 0 Å². The molecule has 0 atom stereocenters. The standard InChI is InChI=1S/C20H25N5/c1-6-17(14-21)16(5)23-12-11-20(24-22)18-9-8-10-19(13-18)25(7-2)15(3)4/h6,8-13,24H,1,3,7,22H2,2,4-5H3/b17-16-,20-11-,23-12+. The van der Waals surface area contributed by atoms with E-state index in [4.69, 9.17) is 11.1 Å². The number of hydrogen-bond acceptors (Lipinski definition) is 5. The zero-order valence-corrected chi connectivity index (χ0v) is 15.1. The van der Waals surface area contributed by atoms with Crippen LogP contribution in [-0.2, 0) is 0 Å². The van der Waals surface area contributed by atoms with Gasteiger partial charge < -0.3 is 10.3 Å². The molecule has 0 aliphatic rings. The van der Waals surface area contributed by atoms with Crippen LogP contribution in [0, 0.1) is 11.3 Å². The van der Waals surface area contributed by atoms with Crippen molar-refractivity contribution in [2.24, 2.45) is 10.8 Å². The van der Waals surface area contributed by atoms with Crippen LogP contribution < -0.4 is 16.2 Å². The Morgan fingerprint density at radius 1 is 1.44 bits per heavy atom. The van der Waals surface area contributed by atoms with Gasteiger partial charge in [0.25, 0.3) is 0 Å². The molecule has 0 aromatic heterocycles. The highest BCUT2D eigenvalue weighted by atomic mass is 15.2. The summed E-state index contributed by atoms with van der Waals surface area (Å²) in [4.78, 5) is 6.36. The van der Waals surface area contributed by atoms with E-state index < -0.39 is 0 Å². The van der Waals surface area contributed by atoms with E-state index in [2.05, 4.69) is 35.4 Å². The van der Waals surface area contributed by atoms with Gasteiger partial charge in [-0.25, -0.2) is 0 Å². The van der Waals surface area contributed by atoms with Crippen LogP contribution in [-0.4, -0.2) is 12.8 Å². The number of nitrogens with zero attached hydrogens (tertiary/aromatic N) is 3. The van der Waals surface area contributed by atoms with Gasteiger partial charge in [0.1, 0.15) is 6.07 Å². The molecule has 5 heteroatoms. The maximum Gasteiger partial charge on any atom is 0.101 e. The van der Waals surface area contributed by atoms with Gasteiger partial charge >= 0.3 is 0 Å².